The summed E-state index contributed by atoms with van der Waals surface area (Å²) in [5.41, 5.74) is 1.74. The first-order valence-electron chi connectivity index (χ1n) is 8.85. The molecule has 0 aliphatic carbocycles. The summed E-state index contributed by atoms with van der Waals surface area (Å²) in [6, 6.07) is 16.8. The third-order valence-electron chi connectivity index (χ3n) is 3.78. The van der Waals surface area contributed by atoms with Crippen LogP contribution in [0.4, 0.5) is 5.69 Å². The molecular weight excluding hydrogens is 376 g/mol. The van der Waals surface area contributed by atoms with E-state index in [1.807, 2.05) is 49.4 Å². The molecule has 3 rings (SSSR count). The summed E-state index contributed by atoms with van der Waals surface area (Å²) in [4.78, 5) is 24.4. The van der Waals surface area contributed by atoms with E-state index >= 15 is 0 Å². The second-order valence-corrected chi connectivity index (χ2v) is 6.79. The van der Waals surface area contributed by atoms with Crippen molar-refractivity contribution in [2.24, 2.45) is 0 Å². The fourth-order valence-corrected chi connectivity index (χ4v) is 3.08. The number of anilines is 1. The van der Waals surface area contributed by atoms with Crippen LogP contribution in [-0.2, 0) is 6.42 Å². The molecule has 0 aliphatic heterocycles. The van der Waals surface area contributed by atoms with Gasteiger partial charge in [-0.1, -0.05) is 41.7 Å². The maximum atomic E-state index is 12.2. The average molecular weight is 396 g/mol. The molecule has 7 nitrogen and oxygen atoms in total. The van der Waals surface area contributed by atoms with Gasteiger partial charge in [0, 0.05) is 12.2 Å². The Balaban J connectivity index is 1.49. The van der Waals surface area contributed by atoms with Crippen LogP contribution in [0.15, 0.2) is 54.6 Å². The van der Waals surface area contributed by atoms with Gasteiger partial charge >= 0.3 is 0 Å². The van der Waals surface area contributed by atoms with Crippen molar-refractivity contribution >= 4 is 28.8 Å². The number of benzene rings is 2. The average Bonchev–Trinajstić information content (AvgIpc) is 3.21. The maximum Gasteiger partial charge on any atom is 0.286 e. The largest absolute Gasteiger partial charge is 0.494 e. The molecule has 1 heterocycles. The highest BCUT2D eigenvalue weighted by Crippen LogP contribution is 2.14. The second-order valence-electron chi connectivity index (χ2n) is 5.82. The minimum absolute atomic E-state index is 0.139. The summed E-state index contributed by atoms with van der Waals surface area (Å²) in [6.45, 7) is 3.02. The van der Waals surface area contributed by atoms with Gasteiger partial charge in [0.05, 0.1) is 6.61 Å². The number of hydrogen-bond donors (Lipinski definition) is 2. The molecular formula is C20H20N4O3S. The number of para-hydroxylation sites is 1. The smallest absolute Gasteiger partial charge is 0.286 e. The summed E-state index contributed by atoms with van der Waals surface area (Å²) >= 11 is 0.959. The molecule has 2 N–H and O–H groups in total. The van der Waals surface area contributed by atoms with Gasteiger partial charge < -0.3 is 15.4 Å². The SMILES string of the molecule is CCOc1ccc(CCNC(=O)c2nnc(C(=O)Nc3ccccc3)s2)cc1. The van der Waals surface area contributed by atoms with Gasteiger partial charge in [-0.05, 0) is 43.2 Å². The fraction of sp³-hybridized carbons (Fsp3) is 0.200. The topological polar surface area (TPSA) is 93.2 Å². The zero-order valence-electron chi connectivity index (χ0n) is 15.3. The van der Waals surface area contributed by atoms with Crippen LogP contribution < -0.4 is 15.4 Å². The molecule has 2 amide bonds. The molecule has 0 aliphatic rings. The lowest BCUT2D eigenvalue weighted by molar-refractivity contribution is 0.0951. The number of nitrogens with zero attached hydrogens (tertiary/aromatic N) is 2. The number of carbonyl (C=O) groups is 2. The summed E-state index contributed by atoms with van der Waals surface area (Å²) in [7, 11) is 0. The molecule has 0 saturated heterocycles. The molecule has 144 valence electrons. The molecule has 0 bridgehead atoms. The predicted molar refractivity (Wildman–Crippen MR) is 108 cm³/mol. The Labute approximate surface area is 166 Å². The molecule has 0 saturated carbocycles. The number of ether oxygens (including phenoxy) is 1. The monoisotopic (exact) mass is 396 g/mol. The van der Waals surface area contributed by atoms with Crippen LogP contribution >= 0.6 is 11.3 Å². The molecule has 28 heavy (non-hydrogen) atoms. The molecule has 8 heteroatoms. The highest BCUT2D eigenvalue weighted by molar-refractivity contribution is 7.15. The standard InChI is InChI=1S/C20H20N4O3S/c1-2-27-16-10-8-14(9-11-16)12-13-21-17(25)19-23-24-20(28-19)18(26)22-15-6-4-3-5-7-15/h3-11H,2,12-13H2,1H3,(H,21,25)(H,22,26). The molecule has 0 fully saturated rings. The van der Waals surface area contributed by atoms with E-state index in [1.54, 1.807) is 12.1 Å². The summed E-state index contributed by atoms with van der Waals surface area (Å²) in [5, 5.41) is 13.4. The lowest BCUT2D eigenvalue weighted by atomic mass is 10.1. The fourth-order valence-electron chi connectivity index (χ4n) is 2.43. The highest BCUT2D eigenvalue weighted by atomic mass is 32.1. The van der Waals surface area contributed by atoms with Crippen molar-refractivity contribution < 1.29 is 14.3 Å². The Morgan fingerprint density at radius 2 is 1.64 bits per heavy atom. The van der Waals surface area contributed by atoms with E-state index in [1.165, 1.54) is 0 Å². The molecule has 2 aromatic carbocycles. The Hall–Kier alpha value is -3.26. The van der Waals surface area contributed by atoms with Crippen molar-refractivity contribution in [3.8, 4) is 5.75 Å². The van der Waals surface area contributed by atoms with Gasteiger partial charge in [0.15, 0.2) is 0 Å². The van der Waals surface area contributed by atoms with Gasteiger partial charge in [0.1, 0.15) is 5.75 Å². The maximum absolute atomic E-state index is 12.2. The summed E-state index contributed by atoms with van der Waals surface area (Å²) in [6.07, 6.45) is 0.679. The van der Waals surface area contributed by atoms with E-state index in [-0.39, 0.29) is 15.9 Å². The Bertz CT molecular complexity index is 926. The first-order valence-corrected chi connectivity index (χ1v) is 9.67. The van der Waals surface area contributed by atoms with Gasteiger partial charge in [-0.25, -0.2) is 0 Å². The van der Waals surface area contributed by atoms with Crippen LogP contribution in [0.2, 0.25) is 0 Å². The van der Waals surface area contributed by atoms with Gasteiger partial charge in [-0.15, -0.1) is 10.2 Å². The van der Waals surface area contributed by atoms with E-state index < -0.39 is 5.91 Å². The molecule has 0 unspecified atom stereocenters. The Morgan fingerprint density at radius 3 is 2.32 bits per heavy atom. The molecule has 0 atom stereocenters. The van der Waals surface area contributed by atoms with E-state index in [2.05, 4.69) is 20.8 Å². The molecule has 3 aromatic rings. The number of aromatic nitrogens is 2. The van der Waals surface area contributed by atoms with Gasteiger partial charge in [-0.2, -0.15) is 0 Å². The zero-order valence-corrected chi connectivity index (χ0v) is 16.2. The van der Waals surface area contributed by atoms with Crippen molar-refractivity contribution in [3.63, 3.8) is 0 Å². The van der Waals surface area contributed by atoms with Crippen molar-refractivity contribution in [1.82, 2.24) is 15.5 Å². The lowest BCUT2D eigenvalue weighted by Crippen LogP contribution is -2.25. The van der Waals surface area contributed by atoms with Crippen LogP contribution in [-0.4, -0.2) is 35.2 Å². The van der Waals surface area contributed by atoms with Crippen LogP contribution in [0.1, 0.15) is 32.1 Å². The van der Waals surface area contributed by atoms with Crippen molar-refractivity contribution in [2.45, 2.75) is 13.3 Å². The summed E-state index contributed by atoms with van der Waals surface area (Å²) < 4.78 is 5.40. The van der Waals surface area contributed by atoms with E-state index in [4.69, 9.17) is 4.74 Å². The normalized spacial score (nSPS) is 10.3. The molecule has 0 spiro atoms. The third kappa shape index (κ3) is 5.37. The minimum atomic E-state index is -0.392. The first kappa shape index (κ1) is 19.5. The van der Waals surface area contributed by atoms with E-state index in [0.29, 0.717) is 25.3 Å². The van der Waals surface area contributed by atoms with E-state index in [0.717, 1.165) is 22.6 Å². The number of rotatable bonds is 8. The van der Waals surface area contributed by atoms with Crippen LogP contribution in [0.5, 0.6) is 5.75 Å². The van der Waals surface area contributed by atoms with Gasteiger partial charge in [0.2, 0.25) is 10.0 Å². The van der Waals surface area contributed by atoms with Crippen molar-refractivity contribution in [3.05, 3.63) is 70.2 Å². The van der Waals surface area contributed by atoms with Gasteiger partial charge in [0.25, 0.3) is 11.8 Å². The molecule has 0 radical (unpaired) electrons. The Morgan fingerprint density at radius 1 is 0.964 bits per heavy atom. The summed E-state index contributed by atoms with van der Waals surface area (Å²) in [5.74, 6) is 0.0878. The Kier molecular flexibility index (Phi) is 6.69. The highest BCUT2D eigenvalue weighted by Gasteiger charge is 2.17. The van der Waals surface area contributed by atoms with Crippen LogP contribution in [0.25, 0.3) is 0 Å². The number of amides is 2. The van der Waals surface area contributed by atoms with Crippen molar-refractivity contribution in [1.29, 1.82) is 0 Å². The molecule has 1 aromatic heterocycles. The lowest BCUT2D eigenvalue weighted by Gasteiger charge is -2.05. The van der Waals surface area contributed by atoms with Crippen LogP contribution in [0.3, 0.4) is 0 Å². The number of nitrogens with one attached hydrogen (secondary N) is 2. The quantitative estimate of drug-likeness (QED) is 0.610. The first-order chi connectivity index (χ1) is 13.7. The van der Waals surface area contributed by atoms with Crippen LogP contribution in [0, 0.1) is 0 Å². The van der Waals surface area contributed by atoms with E-state index in [9.17, 15) is 9.59 Å². The number of carbonyl (C=O) groups excluding carboxylic acids is 2. The number of hydrogen-bond acceptors (Lipinski definition) is 6. The minimum Gasteiger partial charge on any atom is -0.494 e. The van der Waals surface area contributed by atoms with Crippen molar-refractivity contribution in [2.75, 3.05) is 18.5 Å². The zero-order chi connectivity index (χ0) is 19.8. The third-order valence-corrected chi connectivity index (χ3v) is 4.70. The second kappa shape index (κ2) is 9.61. The predicted octanol–water partition coefficient (Wildman–Crippen LogP) is 3.16. The van der Waals surface area contributed by atoms with Gasteiger partial charge in [-0.3, -0.25) is 9.59 Å².